The summed E-state index contributed by atoms with van der Waals surface area (Å²) in [6.07, 6.45) is 1.41. The number of halogens is 2. The van der Waals surface area contributed by atoms with Gasteiger partial charge in [0.2, 0.25) is 0 Å². The molecule has 0 unspecified atom stereocenters. The second kappa shape index (κ2) is 3.68. The Bertz CT molecular complexity index is 197. The van der Waals surface area contributed by atoms with Gasteiger partial charge in [0.1, 0.15) is 18.0 Å². The van der Waals surface area contributed by atoms with Crippen LogP contribution in [0.1, 0.15) is 11.6 Å². The first kappa shape index (κ1) is 7.69. The Labute approximate surface area is 68.4 Å². The summed E-state index contributed by atoms with van der Waals surface area (Å²) < 4.78 is 0. The summed E-state index contributed by atoms with van der Waals surface area (Å²) in [5, 5.41) is 0. The van der Waals surface area contributed by atoms with Crippen LogP contribution in [0.2, 0.25) is 0 Å². The van der Waals surface area contributed by atoms with E-state index in [4.69, 9.17) is 23.2 Å². The van der Waals surface area contributed by atoms with E-state index in [0.717, 1.165) is 0 Å². The van der Waals surface area contributed by atoms with Crippen molar-refractivity contribution in [2.45, 2.75) is 11.8 Å². The van der Waals surface area contributed by atoms with Crippen molar-refractivity contribution in [3.05, 3.63) is 18.0 Å². The zero-order chi connectivity index (χ0) is 7.40. The highest BCUT2D eigenvalue weighted by Crippen LogP contribution is 1.97. The first-order valence-corrected chi connectivity index (χ1v) is 3.72. The molecule has 1 heterocycles. The van der Waals surface area contributed by atoms with Gasteiger partial charge in [-0.2, -0.15) is 0 Å². The van der Waals surface area contributed by atoms with Crippen LogP contribution in [0.5, 0.6) is 0 Å². The lowest BCUT2D eigenvalue weighted by Crippen LogP contribution is -1.97. The van der Waals surface area contributed by atoms with E-state index in [-0.39, 0.29) is 0 Å². The van der Waals surface area contributed by atoms with Gasteiger partial charge in [0, 0.05) is 0 Å². The molecule has 0 aromatic carbocycles. The molecule has 1 aromatic rings. The van der Waals surface area contributed by atoms with Crippen LogP contribution in [-0.2, 0) is 11.8 Å². The largest absolute Gasteiger partial charge is 0.220 e. The predicted octanol–water partition coefficient (Wildman–Crippen LogP) is 1.35. The molecular formula is C5H5Cl2N3. The Kier molecular flexibility index (Phi) is 2.83. The summed E-state index contributed by atoms with van der Waals surface area (Å²) in [6.45, 7) is 0. The SMILES string of the molecule is ClCc1ncnc(CCl)n1. The van der Waals surface area contributed by atoms with E-state index in [1.165, 1.54) is 6.33 Å². The van der Waals surface area contributed by atoms with Gasteiger partial charge >= 0.3 is 0 Å². The average molecular weight is 178 g/mol. The number of rotatable bonds is 2. The molecule has 0 saturated carbocycles. The zero-order valence-corrected chi connectivity index (χ0v) is 6.60. The molecule has 0 amide bonds. The molecule has 0 saturated heterocycles. The van der Waals surface area contributed by atoms with Crippen molar-refractivity contribution in [1.82, 2.24) is 15.0 Å². The first-order chi connectivity index (χ1) is 4.86. The zero-order valence-electron chi connectivity index (χ0n) is 5.09. The molecule has 0 aliphatic heterocycles. The number of aromatic nitrogens is 3. The van der Waals surface area contributed by atoms with Crippen LogP contribution in [0.3, 0.4) is 0 Å². The first-order valence-electron chi connectivity index (χ1n) is 2.65. The molecule has 0 N–H and O–H groups in total. The summed E-state index contributed by atoms with van der Waals surface area (Å²) in [7, 11) is 0. The second-order valence-corrected chi connectivity index (χ2v) is 2.12. The molecule has 1 rings (SSSR count). The number of alkyl halides is 2. The molecule has 54 valence electrons. The van der Waals surface area contributed by atoms with E-state index in [0.29, 0.717) is 23.4 Å². The van der Waals surface area contributed by atoms with Gasteiger partial charge < -0.3 is 0 Å². The minimum atomic E-state index is 0.298. The summed E-state index contributed by atoms with van der Waals surface area (Å²) in [5.41, 5.74) is 0. The van der Waals surface area contributed by atoms with Crippen molar-refractivity contribution < 1.29 is 0 Å². The highest BCUT2D eigenvalue weighted by molar-refractivity contribution is 6.17. The molecule has 0 aliphatic rings. The van der Waals surface area contributed by atoms with E-state index in [2.05, 4.69) is 15.0 Å². The van der Waals surface area contributed by atoms with Crippen LogP contribution in [0.25, 0.3) is 0 Å². The standard InChI is InChI=1S/C5H5Cl2N3/c6-1-4-8-3-9-5(2-7)10-4/h3H,1-2H2. The van der Waals surface area contributed by atoms with Gasteiger partial charge in [0.25, 0.3) is 0 Å². The van der Waals surface area contributed by atoms with Gasteiger partial charge in [-0.1, -0.05) is 0 Å². The van der Waals surface area contributed by atoms with Gasteiger partial charge in [-0.3, -0.25) is 0 Å². The van der Waals surface area contributed by atoms with Crippen LogP contribution in [0, 0.1) is 0 Å². The van der Waals surface area contributed by atoms with E-state index in [1.54, 1.807) is 0 Å². The third-order valence-corrected chi connectivity index (χ3v) is 1.39. The lowest BCUT2D eigenvalue weighted by molar-refractivity contribution is 0.897. The van der Waals surface area contributed by atoms with Crippen LogP contribution in [0.15, 0.2) is 6.33 Å². The second-order valence-electron chi connectivity index (χ2n) is 1.59. The molecule has 5 heteroatoms. The molecule has 0 aliphatic carbocycles. The van der Waals surface area contributed by atoms with Gasteiger partial charge in [-0.15, -0.1) is 23.2 Å². The predicted molar refractivity (Wildman–Crippen MR) is 38.9 cm³/mol. The quantitative estimate of drug-likeness (QED) is 0.641. The lowest BCUT2D eigenvalue weighted by Gasteiger charge is -1.93. The van der Waals surface area contributed by atoms with Crippen LogP contribution < -0.4 is 0 Å². The maximum absolute atomic E-state index is 5.46. The molecule has 0 radical (unpaired) electrons. The van der Waals surface area contributed by atoms with Crippen molar-refractivity contribution in [1.29, 1.82) is 0 Å². The molecule has 0 atom stereocenters. The van der Waals surface area contributed by atoms with Gasteiger partial charge in [-0.25, -0.2) is 15.0 Å². The summed E-state index contributed by atoms with van der Waals surface area (Å²) in [6, 6.07) is 0. The Balaban J connectivity index is 2.87. The van der Waals surface area contributed by atoms with Crippen LogP contribution in [0.4, 0.5) is 0 Å². The minimum Gasteiger partial charge on any atom is -0.220 e. The maximum Gasteiger partial charge on any atom is 0.147 e. The molecule has 10 heavy (non-hydrogen) atoms. The highest BCUT2D eigenvalue weighted by Gasteiger charge is 1.95. The summed E-state index contributed by atoms with van der Waals surface area (Å²) >= 11 is 10.9. The molecule has 0 bridgehead atoms. The molecule has 1 aromatic heterocycles. The van der Waals surface area contributed by atoms with Crippen molar-refractivity contribution >= 4 is 23.2 Å². The Hall–Kier alpha value is -0.410. The number of hydrogen-bond acceptors (Lipinski definition) is 3. The fourth-order valence-corrected chi connectivity index (χ4v) is 0.755. The topological polar surface area (TPSA) is 38.7 Å². The van der Waals surface area contributed by atoms with Crippen molar-refractivity contribution in [3.8, 4) is 0 Å². The number of nitrogens with zero attached hydrogens (tertiary/aromatic N) is 3. The van der Waals surface area contributed by atoms with Crippen LogP contribution in [-0.4, -0.2) is 15.0 Å². The third kappa shape index (κ3) is 1.78. The van der Waals surface area contributed by atoms with E-state index in [1.807, 2.05) is 0 Å². The normalized spacial score (nSPS) is 9.80. The summed E-state index contributed by atoms with van der Waals surface area (Å²) in [4.78, 5) is 11.5. The minimum absolute atomic E-state index is 0.298. The van der Waals surface area contributed by atoms with Crippen molar-refractivity contribution in [3.63, 3.8) is 0 Å². The molecule has 0 fully saturated rings. The highest BCUT2D eigenvalue weighted by atomic mass is 35.5. The van der Waals surface area contributed by atoms with E-state index >= 15 is 0 Å². The lowest BCUT2D eigenvalue weighted by atomic mass is 10.6. The van der Waals surface area contributed by atoms with Crippen LogP contribution >= 0.6 is 23.2 Å². The third-order valence-electron chi connectivity index (χ3n) is 0.911. The van der Waals surface area contributed by atoms with Crippen molar-refractivity contribution in [2.75, 3.05) is 0 Å². The maximum atomic E-state index is 5.46. The fraction of sp³-hybridized carbons (Fsp3) is 0.400. The van der Waals surface area contributed by atoms with Gasteiger partial charge in [0.15, 0.2) is 0 Å². The van der Waals surface area contributed by atoms with Gasteiger partial charge in [0.05, 0.1) is 11.8 Å². The Morgan fingerprint density at radius 2 is 1.60 bits per heavy atom. The number of hydrogen-bond donors (Lipinski definition) is 0. The van der Waals surface area contributed by atoms with E-state index < -0.39 is 0 Å². The van der Waals surface area contributed by atoms with Crippen molar-refractivity contribution in [2.24, 2.45) is 0 Å². The molecule has 0 spiro atoms. The Morgan fingerprint density at radius 1 is 1.10 bits per heavy atom. The molecule has 3 nitrogen and oxygen atoms in total. The Morgan fingerprint density at radius 3 is 2.00 bits per heavy atom. The summed E-state index contributed by atoms with van der Waals surface area (Å²) in [5.74, 6) is 1.72. The smallest absolute Gasteiger partial charge is 0.147 e. The van der Waals surface area contributed by atoms with Gasteiger partial charge in [-0.05, 0) is 0 Å². The fourth-order valence-electron chi connectivity index (χ4n) is 0.498. The average Bonchev–Trinajstić information content (AvgIpc) is 2.05. The monoisotopic (exact) mass is 177 g/mol. The van der Waals surface area contributed by atoms with E-state index in [9.17, 15) is 0 Å². The molecular weight excluding hydrogens is 173 g/mol.